The highest BCUT2D eigenvalue weighted by atomic mass is 31.3. The van der Waals surface area contributed by atoms with E-state index in [-0.39, 0.29) is 4.90 Å². The minimum Gasteiger partial charge on any atom is -0.387 e. The first-order chi connectivity index (χ1) is 16.7. The number of rotatable bonds is 6. The van der Waals surface area contributed by atoms with Gasteiger partial charge in [-0.15, -0.1) is 0 Å². The number of aromatic nitrogens is 2. The highest BCUT2D eigenvalue weighted by Crippen LogP contribution is 2.80. The quantitative estimate of drug-likeness (QED) is 0.246. The number of nitrogens with one attached hydrogen (secondary N) is 1. The van der Waals surface area contributed by atoms with E-state index >= 15 is 0 Å². The van der Waals surface area contributed by atoms with Crippen LogP contribution < -0.4 is 11.2 Å². The van der Waals surface area contributed by atoms with Crippen LogP contribution >= 0.6 is 23.5 Å². The molecule has 6 atom stereocenters. The summed E-state index contributed by atoms with van der Waals surface area (Å²) in [5.41, 5.74) is -3.00. The minimum atomic E-state index is -5.38. The van der Waals surface area contributed by atoms with Gasteiger partial charge in [0.2, 0.25) is 0 Å². The number of halogens is 3. The molecule has 1 aromatic heterocycles. The van der Waals surface area contributed by atoms with Gasteiger partial charge in [-0.2, -0.15) is 26.1 Å². The van der Waals surface area contributed by atoms with E-state index < -0.39 is 90.1 Å². The second-order valence-corrected chi connectivity index (χ2v) is 12.4. The molecule has 0 radical (unpaired) electrons. The summed E-state index contributed by atoms with van der Waals surface area (Å²) in [6, 6.07) is 0. The molecule has 0 saturated carbocycles. The zero-order chi connectivity index (χ0) is 28.1. The molecule has 2 aliphatic heterocycles. The number of amides is 1. The van der Waals surface area contributed by atoms with Gasteiger partial charge in [-0.3, -0.25) is 23.7 Å². The van der Waals surface area contributed by atoms with E-state index in [1.54, 1.807) is 4.98 Å². The van der Waals surface area contributed by atoms with Gasteiger partial charge in [0.05, 0.1) is 18.7 Å². The summed E-state index contributed by atoms with van der Waals surface area (Å²) in [5.74, 6) is -2.30. The second kappa shape index (κ2) is 10.1. The van der Waals surface area contributed by atoms with E-state index in [0.717, 1.165) is 7.05 Å². The maximum absolute atomic E-state index is 12.6. The molecule has 2 saturated heterocycles. The standard InChI is InChI=1S/C13H17F3N3O15P3/c1-18(11(23)13(14,15)16)2-5-3-19(12(24)17-9(5)22)10-8(21)7(20)6(31-10)4-30-37(29)33-35(25,26)32-36(27,28)34-37/h3,6-8,10,20-21H,2,4H2,1H3,(H,25,26)(H,27,28)(H,17,22,24)/t6-,7?,8?,10-/m1/s1. The van der Waals surface area contributed by atoms with Crippen molar-refractivity contribution in [3.63, 3.8) is 0 Å². The molecule has 2 fully saturated rings. The maximum Gasteiger partial charge on any atom is 0.492 e. The van der Waals surface area contributed by atoms with E-state index in [0.29, 0.717) is 10.8 Å². The van der Waals surface area contributed by atoms with Crippen molar-refractivity contribution in [1.82, 2.24) is 14.5 Å². The van der Waals surface area contributed by atoms with Crippen molar-refractivity contribution in [1.29, 1.82) is 0 Å². The summed E-state index contributed by atoms with van der Waals surface area (Å²) >= 11 is 0. The van der Waals surface area contributed by atoms with Crippen LogP contribution in [0.4, 0.5) is 13.2 Å². The van der Waals surface area contributed by atoms with Crippen molar-refractivity contribution in [3.8, 4) is 0 Å². The Hall–Kier alpha value is -1.73. The molecule has 210 valence electrons. The fourth-order valence-corrected chi connectivity index (χ4v) is 8.04. The highest BCUT2D eigenvalue weighted by molar-refractivity contribution is 7.74. The van der Waals surface area contributed by atoms with Crippen LogP contribution in [-0.4, -0.2) is 78.5 Å². The number of phosphoric acid groups is 3. The van der Waals surface area contributed by atoms with Gasteiger partial charge in [0.15, 0.2) is 6.23 Å². The number of hydrogen-bond donors (Lipinski definition) is 5. The number of aliphatic hydroxyl groups excluding tert-OH is 2. The molecule has 2 aliphatic rings. The third-order valence-electron chi connectivity index (χ3n) is 4.66. The van der Waals surface area contributed by atoms with Crippen LogP contribution in [0.5, 0.6) is 0 Å². The lowest BCUT2D eigenvalue weighted by Gasteiger charge is -2.27. The number of carbonyl (C=O) groups is 1. The van der Waals surface area contributed by atoms with Crippen LogP contribution in [0, 0.1) is 0 Å². The first-order valence-electron chi connectivity index (χ1n) is 9.46. The molecule has 18 nitrogen and oxygen atoms in total. The number of alkyl halides is 3. The molecule has 37 heavy (non-hydrogen) atoms. The van der Waals surface area contributed by atoms with Gasteiger partial charge in [0, 0.05) is 13.2 Å². The molecule has 1 aromatic rings. The SMILES string of the molecule is CN(Cc1cn([C@@H]2O[C@H](COP3(=O)OP(=O)(O)OP(=O)(O)O3)C(O)C2O)c(=O)[nH]c1=O)C(=O)C(F)(F)F. The summed E-state index contributed by atoms with van der Waals surface area (Å²) < 4.78 is 95.1. The van der Waals surface area contributed by atoms with Crippen LogP contribution in [0.15, 0.2) is 15.8 Å². The van der Waals surface area contributed by atoms with Gasteiger partial charge < -0.3 is 29.6 Å². The highest BCUT2D eigenvalue weighted by Gasteiger charge is 2.55. The van der Waals surface area contributed by atoms with Crippen LogP contribution in [0.1, 0.15) is 11.8 Å². The molecule has 0 aromatic carbocycles. The van der Waals surface area contributed by atoms with E-state index in [1.807, 2.05) is 0 Å². The number of H-pyrrole nitrogens is 1. The smallest absolute Gasteiger partial charge is 0.387 e. The lowest BCUT2D eigenvalue weighted by atomic mass is 10.1. The number of aliphatic hydroxyl groups is 2. The molecule has 0 bridgehead atoms. The molecule has 1 amide bonds. The molecule has 3 rings (SSSR count). The molecule has 0 aliphatic carbocycles. The Morgan fingerprint density at radius 3 is 2.24 bits per heavy atom. The van der Waals surface area contributed by atoms with Gasteiger partial charge in [0.25, 0.3) is 5.56 Å². The van der Waals surface area contributed by atoms with Crippen molar-refractivity contribution >= 4 is 29.4 Å². The third kappa shape index (κ3) is 6.83. The van der Waals surface area contributed by atoms with E-state index in [9.17, 15) is 61.2 Å². The lowest BCUT2D eigenvalue weighted by Crippen LogP contribution is -2.42. The zero-order valence-electron chi connectivity index (χ0n) is 18.0. The largest absolute Gasteiger partial charge is 0.492 e. The fourth-order valence-electron chi connectivity index (χ4n) is 3.11. The average Bonchev–Trinajstić information content (AvgIpc) is 2.98. The monoisotopic (exact) mass is 605 g/mol. The summed E-state index contributed by atoms with van der Waals surface area (Å²) in [5, 5.41) is 20.5. The van der Waals surface area contributed by atoms with Crippen LogP contribution in [0.2, 0.25) is 0 Å². The van der Waals surface area contributed by atoms with Gasteiger partial charge in [-0.05, 0) is 0 Å². The molecule has 5 N–H and O–H groups in total. The summed E-state index contributed by atoms with van der Waals surface area (Å²) in [4.78, 5) is 55.9. The number of hydrogen-bond acceptors (Lipinski definition) is 13. The Kier molecular flexibility index (Phi) is 8.14. The van der Waals surface area contributed by atoms with Crippen molar-refractivity contribution in [2.75, 3.05) is 13.7 Å². The van der Waals surface area contributed by atoms with Crippen molar-refractivity contribution in [2.24, 2.45) is 0 Å². The Morgan fingerprint density at radius 1 is 1.14 bits per heavy atom. The van der Waals surface area contributed by atoms with Crippen molar-refractivity contribution in [2.45, 2.75) is 37.3 Å². The average molecular weight is 605 g/mol. The maximum atomic E-state index is 12.6. The van der Waals surface area contributed by atoms with E-state index in [2.05, 4.69) is 17.5 Å². The predicted octanol–water partition coefficient (Wildman–Crippen LogP) is -0.935. The lowest BCUT2D eigenvalue weighted by molar-refractivity contribution is -0.184. The molecular weight excluding hydrogens is 588 g/mol. The Morgan fingerprint density at radius 2 is 1.70 bits per heavy atom. The summed E-state index contributed by atoms with van der Waals surface area (Å²) in [6.45, 7) is -2.05. The molecule has 0 spiro atoms. The van der Waals surface area contributed by atoms with E-state index in [4.69, 9.17) is 4.74 Å². The first kappa shape index (κ1) is 29.8. The van der Waals surface area contributed by atoms with Crippen molar-refractivity contribution in [3.05, 3.63) is 32.6 Å². The Labute approximate surface area is 201 Å². The number of aromatic amines is 1. The van der Waals surface area contributed by atoms with E-state index in [1.165, 1.54) is 0 Å². The first-order valence-corrected chi connectivity index (χ1v) is 13.9. The van der Waals surface area contributed by atoms with Crippen LogP contribution in [0.3, 0.4) is 0 Å². The molecular formula is C13H17F3N3O15P3. The summed E-state index contributed by atoms with van der Waals surface area (Å²) in [7, 11) is -15.3. The topological polar surface area (TPSA) is 253 Å². The molecule has 4 unspecified atom stereocenters. The molecule has 3 heterocycles. The Bertz CT molecular complexity index is 1300. The fraction of sp³-hybridized carbons (Fsp3) is 0.615. The minimum absolute atomic E-state index is 0.127. The van der Waals surface area contributed by atoms with Crippen LogP contribution in [-0.2, 0) is 47.2 Å². The van der Waals surface area contributed by atoms with Gasteiger partial charge in [0.1, 0.15) is 18.3 Å². The van der Waals surface area contributed by atoms with Gasteiger partial charge >= 0.3 is 41.2 Å². The third-order valence-corrected chi connectivity index (χ3v) is 10.0. The molecule has 24 heteroatoms. The number of ether oxygens (including phenoxy) is 1. The van der Waals surface area contributed by atoms with Crippen LogP contribution in [0.25, 0.3) is 0 Å². The van der Waals surface area contributed by atoms with Gasteiger partial charge in [-0.1, -0.05) is 0 Å². The Balaban J connectivity index is 1.79. The summed E-state index contributed by atoms with van der Waals surface area (Å²) in [6.07, 6.45) is -12.1. The van der Waals surface area contributed by atoms with Gasteiger partial charge in [-0.25, -0.2) is 18.5 Å². The number of carbonyl (C=O) groups excluding carboxylic acids is 1. The predicted molar refractivity (Wildman–Crippen MR) is 106 cm³/mol. The number of nitrogens with zero attached hydrogens (tertiary/aromatic N) is 2. The zero-order valence-corrected chi connectivity index (χ0v) is 20.6. The van der Waals surface area contributed by atoms with Crippen molar-refractivity contribution < 1.29 is 73.9 Å². The normalized spacial score (nSPS) is 36.4. The second-order valence-electron chi connectivity index (χ2n) is 7.45.